The van der Waals surface area contributed by atoms with Crippen molar-refractivity contribution in [1.29, 1.82) is 0 Å². The Hall–Kier alpha value is -2.64. The smallest absolute Gasteiger partial charge is 0.286 e. The predicted octanol–water partition coefficient (Wildman–Crippen LogP) is 3.81. The SMILES string of the molecule is CC[C@H](c1ccc(C(C)(F)F)nc1)n1nc(C2CC2)c2c(=O)[nH]c(C)nc21. The maximum Gasteiger partial charge on any atom is 0.286 e. The Labute approximate surface area is 154 Å². The van der Waals surface area contributed by atoms with Crippen LogP contribution in [0.25, 0.3) is 11.0 Å². The molecule has 27 heavy (non-hydrogen) atoms. The molecule has 1 atom stereocenters. The topological polar surface area (TPSA) is 76.5 Å². The number of rotatable bonds is 5. The van der Waals surface area contributed by atoms with E-state index in [-0.39, 0.29) is 23.2 Å². The van der Waals surface area contributed by atoms with Gasteiger partial charge >= 0.3 is 0 Å². The third-order valence-corrected chi connectivity index (χ3v) is 4.97. The summed E-state index contributed by atoms with van der Waals surface area (Å²) in [6, 6.07) is 2.76. The first-order chi connectivity index (χ1) is 12.8. The summed E-state index contributed by atoms with van der Waals surface area (Å²) in [5, 5.41) is 5.26. The third kappa shape index (κ3) is 3.13. The Balaban J connectivity index is 1.85. The Morgan fingerprint density at radius 1 is 1.37 bits per heavy atom. The minimum atomic E-state index is -2.98. The largest absolute Gasteiger partial charge is 0.310 e. The van der Waals surface area contributed by atoms with Crippen LogP contribution in [0.3, 0.4) is 0 Å². The number of aromatic nitrogens is 5. The summed E-state index contributed by atoms with van der Waals surface area (Å²) in [5.74, 6) is -2.18. The van der Waals surface area contributed by atoms with Crippen LogP contribution in [-0.2, 0) is 5.92 Å². The van der Waals surface area contributed by atoms with E-state index in [2.05, 4.69) is 15.0 Å². The van der Waals surface area contributed by atoms with Gasteiger partial charge in [0.05, 0.1) is 11.7 Å². The lowest BCUT2D eigenvalue weighted by molar-refractivity contribution is 0.0127. The Morgan fingerprint density at radius 2 is 2.11 bits per heavy atom. The molecule has 1 aliphatic rings. The van der Waals surface area contributed by atoms with Crippen LogP contribution in [0.4, 0.5) is 8.78 Å². The number of halogens is 2. The third-order valence-electron chi connectivity index (χ3n) is 4.97. The molecule has 3 heterocycles. The fourth-order valence-corrected chi connectivity index (χ4v) is 3.45. The van der Waals surface area contributed by atoms with E-state index in [9.17, 15) is 13.6 Å². The number of alkyl halides is 2. The Morgan fingerprint density at radius 3 is 2.67 bits per heavy atom. The summed E-state index contributed by atoms with van der Waals surface area (Å²) >= 11 is 0. The number of hydrogen-bond acceptors (Lipinski definition) is 4. The second kappa shape index (κ2) is 6.21. The van der Waals surface area contributed by atoms with Gasteiger partial charge in [0.25, 0.3) is 11.5 Å². The summed E-state index contributed by atoms with van der Waals surface area (Å²) in [5.41, 5.74) is 1.63. The number of aromatic amines is 1. The molecule has 3 aromatic heterocycles. The van der Waals surface area contributed by atoms with E-state index in [0.29, 0.717) is 23.3 Å². The molecule has 0 saturated heterocycles. The molecule has 1 saturated carbocycles. The molecule has 1 N–H and O–H groups in total. The van der Waals surface area contributed by atoms with Gasteiger partial charge in [-0.15, -0.1) is 0 Å². The zero-order chi connectivity index (χ0) is 19.3. The minimum absolute atomic E-state index is 0.181. The maximum absolute atomic E-state index is 13.5. The molecule has 3 aromatic rings. The molecule has 0 aromatic carbocycles. The van der Waals surface area contributed by atoms with Gasteiger partial charge in [0.15, 0.2) is 5.65 Å². The van der Waals surface area contributed by atoms with Crippen molar-refractivity contribution in [1.82, 2.24) is 24.7 Å². The van der Waals surface area contributed by atoms with Crippen LogP contribution < -0.4 is 5.56 Å². The number of aryl methyl sites for hydroxylation is 1. The molecule has 0 amide bonds. The van der Waals surface area contributed by atoms with Crippen LogP contribution in [0.5, 0.6) is 0 Å². The highest BCUT2D eigenvalue weighted by atomic mass is 19.3. The second-order valence-electron chi connectivity index (χ2n) is 7.24. The highest BCUT2D eigenvalue weighted by Gasteiger charge is 2.33. The van der Waals surface area contributed by atoms with Gasteiger partial charge in [0.1, 0.15) is 16.9 Å². The van der Waals surface area contributed by atoms with Gasteiger partial charge in [-0.2, -0.15) is 13.9 Å². The predicted molar refractivity (Wildman–Crippen MR) is 97.1 cm³/mol. The van der Waals surface area contributed by atoms with Gasteiger partial charge in [-0.1, -0.05) is 13.0 Å². The number of H-pyrrole nitrogens is 1. The van der Waals surface area contributed by atoms with E-state index in [1.54, 1.807) is 17.7 Å². The van der Waals surface area contributed by atoms with E-state index >= 15 is 0 Å². The first kappa shape index (κ1) is 17.8. The lowest BCUT2D eigenvalue weighted by Gasteiger charge is -2.18. The number of nitrogens with zero attached hydrogens (tertiary/aromatic N) is 4. The molecular formula is C19H21F2N5O. The quantitative estimate of drug-likeness (QED) is 0.738. The molecule has 0 bridgehead atoms. The van der Waals surface area contributed by atoms with Gasteiger partial charge in [-0.25, -0.2) is 9.67 Å². The van der Waals surface area contributed by atoms with Crippen LogP contribution in [-0.4, -0.2) is 24.7 Å². The van der Waals surface area contributed by atoms with Crippen molar-refractivity contribution in [3.8, 4) is 0 Å². The van der Waals surface area contributed by atoms with Crippen LogP contribution in [0.15, 0.2) is 23.1 Å². The molecule has 0 unspecified atom stereocenters. The van der Waals surface area contributed by atoms with Crippen LogP contribution in [0, 0.1) is 6.92 Å². The average molecular weight is 373 g/mol. The lowest BCUT2D eigenvalue weighted by atomic mass is 10.1. The van der Waals surface area contributed by atoms with Crippen LogP contribution in [0.2, 0.25) is 0 Å². The van der Waals surface area contributed by atoms with Crippen molar-refractivity contribution in [3.63, 3.8) is 0 Å². The molecule has 1 aliphatic carbocycles. The van der Waals surface area contributed by atoms with Crippen molar-refractivity contribution in [2.24, 2.45) is 0 Å². The monoisotopic (exact) mass is 373 g/mol. The number of pyridine rings is 1. The summed E-state index contributed by atoms with van der Waals surface area (Å²) < 4.78 is 28.7. The molecular weight excluding hydrogens is 352 g/mol. The molecule has 0 aliphatic heterocycles. The molecule has 8 heteroatoms. The summed E-state index contributed by atoms with van der Waals surface area (Å²) in [6.07, 6.45) is 4.15. The van der Waals surface area contributed by atoms with Gasteiger partial charge in [0.2, 0.25) is 0 Å². The zero-order valence-electron chi connectivity index (χ0n) is 15.5. The van der Waals surface area contributed by atoms with Crippen molar-refractivity contribution >= 4 is 11.0 Å². The normalized spacial score (nSPS) is 16.0. The molecule has 0 spiro atoms. The van der Waals surface area contributed by atoms with E-state index < -0.39 is 5.92 Å². The van der Waals surface area contributed by atoms with Crippen molar-refractivity contribution in [3.05, 3.63) is 51.5 Å². The highest BCUT2D eigenvalue weighted by Crippen LogP contribution is 2.42. The molecule has 6 nitrogen and oxygen atoms in total. The molecule has 1 fully saturated rings. The van der Waals surface area contributed by atoms with Gasteiger partial charge in [0, 0.05) is 19.0 Å². The van der Waals surface area contributed by atoms with E-state index in [1.807, 2.05) is 6.92 Å². The van der Waals surface area contributed by atoms with E-state index in [4.69, 9.17) is 5.10 Å². The van der Waals surface area contributed by atoms with Crippen LogP contribution in [0.1, 0.15) is 67.8 Å². The molecule has 0 radical (unpaired) electrons. The van der Waals surface area contributed by atoms with Gasteiger partial charge < -0.3 is 4.98 Å². The fraction of sp³-hybridized carbons (Fsp3) is 0.474. The molecule has 142 valence electrons. The van der Waals surface area contributed by atoms with Gasteiger partial charge in [-0.05, 0) is 37.8 Å². The summed E-state index contributed by atoms with van der Waals surface area (Å²) in [6.45, 7) is 4.54. The van der Waals surface area contributed by atoms with Gasteiger partial charge in [-0.3, -0.25) is 9.78 Å². The average Bonchev–Trinajstić information content (AvgIpc) is 3.38. The summed E-state index contributed by atoms with van der Waals surface area (Å²) in [7, 11) is 0. The highest BCUT2D eigenvalue weighted by molar-refractivity contribution is 5.78. The first-order valence-corrected chi connectivity index (χ1v) is 9.13. The van der Waals surface area contributed by atoms with E-state index in [1.165, 1.54) is 12.3 Å². The lowest BCUT2D eigenvalue weighted by Crippen LogP contribution is -2.16. The maximum atomic E-state index is 13.5. The fourth-order valence-electron chi connectivity index (χ4n) is 3.45. The number of fused-ring (bicyclic) bond motifs is 1. The van der Waals surface area contributed by atoms with Crippen molar-refractivity contribution in [2.45, 2.75) is 57.9 Å². The van der Waals surface area contributed by atoms with Crippen LogP contribution >= 0.6 is 0 Å². The Kier molecular flexibility index (Phi) is 4.09. The molecule has 4 rings (SSSR count). The minimum Gasteiger partial charge on any atom is -0.310 e. The second-order valence-corrected chi connectivity index (χ2v) is 7.24. The summed E-state index contributed by atoms with van der Waals surface area (Å²) in [4.78, 5) is 23.7. The Bertz CT molecular complexity index is 1040. The zero-order valence-corrected chi connectivity index (χ0v) is 15.5. The number of hydrogen-bond donors (Lipinski definition) is 1. The standard InChI is InChI=1S/C19H21F2N5O/c1-4-13(12-7-8-14(22-9-12)19(3,20)21)26-17-15(16(25-26)11-5-6-11)18(27)24-10(2)23-17/h7-9,11,13H,4-6H2,1-3H3,(H,23,24,27)/t13-/m1/s1. The first-order valence-electron chi connectivity index (χ1n) is 9.13. The van der Waals surface area contributed by atoms with Crippen molar-refractivity contribution in [2.75, 3.05) is 0 Å². The van der Waals surface area contributed by atoms with E-state index in [0.717, 1.165) is 31.0 Å². The number of nitrogens with one attached hydrogen (secondary N) is 1. The van der Waals surface area contributed by atoms with Crippen molar-refractivity contribution < 1.29 is 8.78 Å².